The summed E-state index contributed by atoms with van der Waals surface area (Å²) >= 11 is 12.2. The van der Waals surface area contributed by atoms with Crippen molar-refractivity contribution in [2.75, 3.05) is 20.2 Å². The van der Waals surface area contributed by atoms with Crippen LogP contribution in [0.15, 0.2) is 52.4 Å². The number of rotatable bonds is 4. The van der Waals surface area contributed by atoms with Gasteiger partial charge in [0.1, 0.15) is 16.5 Å². The summed E-state index contributed by atoms with van der Waals surface area (Å²) in [6, 6.07) is 11.9. The average molecular weight is 385 g/mol. The molecule has 126 valence electrons. The van der Waals surface area contributed by atoms with Crippen molar-refractivity contribution < 1.29 is 13.2 Å². The second-order valence-electron chi connectivity index (χ2n) is 5.07. The molecular weight excluding hydrogens is 371 g/mol. The molecule has 0 aliphatic carbocycles. The predicted octanol–water partition coefficient (Wildman–Crippen LogP) is 3.45. The minimum absolute atomic E-state index is 0.0514. The summed E-state index contributed by atoms with van der Waals surface area (Å²) < 4.78 is 32.4. The number of nitrogens with zero attached hydrogens (tertiary/aromatic N) is 2. The number of benzene rings is 2. The molecule has 0 bridgehead atoms. The quantitative estimate of drug-likeness (QED) is 0.810. The first-order valence-electron chi connectivity index (χ1n) is 7.11. The number of hydrogen-bond donors (Lipinski definition) is 0. The van der Waals surface area contributed by atoms with E-state index < -0.39 is 10.0 Å². The fourth-order valence-electron chi connectivity index (χ4n) is 2.47. The molecule has 3 rings (SSSR count). The highest BCUT2D eigenvalue weighted by atomic mass is 35.5. The van der Waals surface area contributed by atoms with Crippen LogP contribution in [0, 0.1) is 0 Å². The van der Waals surface area contributed by atoms with Crippen LogP contribution >= 0.6 is 23.2 Å². The summed E-state index contributed by atoms with van der Waals surface area (Å²) in [5.41, 5.74) is 0.731. The molecule has 1 aliphatic heterocycles. The molecule has 0 unspecified atom stereocenters. The van der Waals surface area contributed by atoms with Crippen molar-refractivity contribution in [1.82, 2.24) is 4.31 Å². The van der Waals surface area contributed by atoms with Gasteiger partial charge in [0.05, 0.1) is 30.2 Å². The lowest BCUT2D eigenvalue weighted by Gasteiger charge is -2.21. The van der Waals surface area contributed by atoms with Crippen LogP contribution in [0.2, 0.25) is 10.0 Å². The van der Waals surface area contributed by atoms with Gasteiger partial charge < -0.3 is 4.74 Å². The SMILES string of the molecule is COc1cc(Cl)c(S(=O)(=O)N2CCN=C2c2ccccc2)cc1Cl. The third-order valence-corrected chi connectivity index (χ3v) is 6.16. The molecule has 0 atom stereocenters. The number of hydrogen-bond acceptors (Lipinski definition) is 4. The molecule has 24 heavy (non-hydrogen) atoms. The first-order valence-corrected chi connectivity index (χ1v) is 9.30. The summed E-state index contributed by atoms with van der Waals surface area (Å²) in [7, 11) is -2.45. The van der Waals surface area contributed by atoms with E-state index in [0.29, 0.717) is 18.1 Å². The fourth-order valence-corrected chi connectivity index (χ4v) is 4.75. The minimum Gasteiger partial charge on any atom is -0.495 e. The molecule has 0 radical (unpaired) electrons. The molecule has 1 heterocycles. The van der Waals surface area contributed by atoms with E-state index in [1.165, 1.54) is 23.5 Å². The molecule has 2 aromatic rings. The van der Waals surface area contributed by atoms with E-state index in [1.54, 1.807) is 0 Å². The molecule has 0 fully saturated rings. The van der Waals surface area contributed by atoms with Gasteiger partial charge in [-0.3, -0.25) is 4.99 Å². The Kier molecular flexibility index (Phi) is 4.71. The van der Waals surface area contributed by atoms with Gasteiger partial charge in [-0.15, -0.1) is 0 Å². The van der Waals surface area contributed by atoms with Crippen LogP contribution in [-0.4, -0.2) is 38.8 Å². The van der Waals surface area contributed by atoms with Crippen LogP contribution < -0.4 is 4.74 Å². The number of sulfonamides is 1. The highest BCUT2D eigenvalue weighted by Gasteiger charge is 2.33. The van der Waals surface area contributed by atoms with Crippen molar-refractivity contribution in [3.63, 3.8) is 0 Å². The number of amidine groups is 1. The van der Waals surface area contributed by atoms with E-state index in [9.17, 15) is 8.42 Å². The Morgan fingerprint density at radius 3 is 2.50 bits per heavy atom. The first-order chi connectivity index (χ1) is 11.4. The minimum atomic E-state index is -3.88. The van der Waals surface area contributed by atoms with Gasteiger partial charge in [0, 0.05) is 11.6 Å². The van der Waals surface area contributed by atoms with E-state index in [4.69, 9.17) is 27.9 Å². The van der Waals surface area contributed by atoms with E-state index in [0.717, 1.165) is 5.56 Å². The molecule has 0 N–H and O–H groups in total. The van der Waals surface area contributed by atoms with Crippen LogP contribution in [-0.2, 0) is 10.0 Å². The molecule has 0 aromatic heterocycles. The highest BCUT2D eigenvalue weighted by molar-refractivity contribution is 7.89. The summed E-state index contributed by atoms with van der Waals surface area (Å²) in [5, 5.41) is 0.230. The van der Waals surface area contributed by atoms with E-state index >= 15 is 0 Å². The Morgan fingerprint density at radius 2 is 1.83 bits per heavy atom. The third kappa shape index (κ3) is 2.97. The molecule has 1 aliphatic rings. The summed E-state index contributed by atoms with van der Waals surface area (Å²) in [4.78, 5) is 4.26. The highest BCUT2D eigenvalue weighted by Crippen LogP contribution is 2.35. The topological polar surface area (TPSA) is 59.0 Å². The molecule has 0 amide bonds. The summed E-state index contributed by atoms with van der Waals surface area (Å²) in [5.74, 6) is 0.720. The largest absolute Gasteiger partial charge is 0.495 e. The number of ether oxygens (including phenoxy) is 1. The van der Waals surface area contributed by atoms with Gasteiger partial charge in [-0.2, -0.15) is 0 Å². The summed E-state index contributed by atoms with van der Waals surface area (Å²) in [6.45, 7) is 0.650. The van der Waals surface area contributed by atoms with Crippen LogP contribution in [0.5, 0.6) is 5.75 Å². The number of aliphatic imine (C=N–C) groups is 1. The maximum absolute atomic E-state index is 13.1. The van der Waals surface area contributed by atoms with Crippen LogP contribution in [0.25, 0.3) is 0 Å². The Labute approximate surface area is 150 Å². The van der Waals surface area contributed by atoms with Crippen molar-refractivity contribution in [1.29, 1.82) is 0 Å². The Morgan fingerprint density at radius 1 is 1.12 bits per heavy atom. The van der Waals surface area contributed by atoms with Crippen molar-refractivity contribution in [2.24, 2.45) is 4.99 Å². The number of halogens is 2. The number of methoxy groups -OCH3 is 1. The molecule has 2 aromatic carbocycles. The Hall–Kier alpha value is -1.76. The zero-order chi connectivity index (χ0) is 17.3. The molecule has 5 nitrogen and oxygen atoms in total. The van der Waals surface area contributed by atoms with Crippen LogP contribution in [0.4, 0.5) is 0 Å². The lowest BCUT2D eigenvalue weighted by Crippen LogP contribution is -2.35. The maximum atomic E-state index is 13.1. The smallest absolute Gasteiger partial charge is 0.267 e. The third-order valence-electron chi connectivity index (χ3n) is 3.61. The van der Waals surface area contributed by atoms with Crippen LogP contribution in [0.3, 0.4) is 0 Å². The standard InChI is InChI=1S/C16H14Cl2N2O3S/c1-23-14-9-13(18)15(10-12(14)17)24(21,22)20-8-7-19-16(20)11-5-3-2-4-6-11/h2-6,9-10H,7-8H2,1H3. The molecular formula is C16H14Cl2N2O3S. The zero-order valence-corrected chi connectivity index (χ0v) is 15.1. The van der Waals surface area contributed by atoms with Crippen LogP contribution in [0.1, 0.15) is 5.56 Å². The lowest BCUT2D eigenvalue weighted by molar-refractivity contribution is 0.414. The van der Waals surface area contributed by atoms with E-state index in [-0.39, 0.29) is 21.5 Å². The average Bonchev–Trinajstić information content (AvgIpc) is 3.08. The van der Waals surface area contributed by atoms with Gasteiger partial charge in [0.25, 0.3) is 10.0 Å². The normalized spacial score (nSPS) is 14.6. The molecule has 0 saturated heterocycles. The monoisotopic (exact) mass is 384 g/mol. The summed E-state index contributed by atoms with van der Waals surface area (Å²) in [6.07, 6.45) is 0. The zero-order valence-electron chi connectivity index (χ0n) is 12.7. The Balaban J connectivity index is 2.06. The van der Waals surface area contributed by atoms with Gasteiger partial charge in [-0.25, -0.2) is 12.7 Å². The van der Waals surface area contributed by atoms with Gasteiger partial charge in [-0.1, -0.05) is 53.5 Å². The fraction of sp³-hybridized carbons (Fsp3) is 0.188. The van der Waals surface area contributed by atoms with Gasteiger partial charge in [-0.05, 0) is 6.07 Å². The molecule has 0 spiro atoms. The van der Waals surface area contributed by atoms with Crippen molar-refractivity contribution in [3.05, 3.63) is 58.1 Å². The van der Waals surface area contributed by atoms with Crippen molar-refractivity contribution >= 4 is 39.1 Å². The van der Waals surface area contributed by atoms with Crippen molar-refractivity contribution in [2.45, 2.75) is 4.90 Å². The lowest BCUT2D eigenvalue weighted by atomic mass is 10.2. The molecule has 8 heteroatoms. The van der Waals surface area contributed by atoms with E-state index in [1.807, 2.05) is 30.3 Å². The van der Waals surface area contributed by atoms with Crippen molar-refractivity contribution in [3.8, 4) is 5.75 Å². The predicted molar refractivity (Wildman–Crippen MR) is 94.8 cm³/mol. The molecule has 0 saturated carbocycles. The second-order valence-corrected chi connectivity index (χ2v) is 7.71. The van der Waals surface area contributed by atoms with Gasteiger partial charge in [0.15, 0.2) is 0 Å². The Bertz CT molecular complexity index is 899. The second kappa shape index (κ2) is 6.63. The maximum Gasteiger partial charge on any atom is 0.267 e. The van der Waals surface area contributed by atoms with Gasteiger partial charge in [0.2, 0.25) is 0 Å². The van der Waals surface area contributed by atoms with E-state index in [2.05, 4.69) is 4.99 Å². The van der Waals surface area contributed by atoms with Gasteiger partial charge >= 0.3 is 0 Å². The first kappa shape index (κ1) is 17.1.